The van der Waals surface area contributed by atoms with Crippen molar-refractivity contribution in [1.29, 1.82) is 0 Å². The van der Waals surface area contributed by atoms with Gasteiger partial charge in [0.15, 0.2) is 5.96 Å². The molecule has 6 nitrogen and oxygen atoms in total. The van der Waals surface area contributed by atoms with E-state index in [1.807, 2.05) is 0 Å². The van der Waals surface area contributed by atoms with Gasteiger partial charge in [-0.15, -0.1) is 24.0 Å². The molecule has 0 aromatic rings. The van der Waals surface area contributed by atoms with Crippen molar-refractivity contribution >= 4 is 35.8 Å². The van der Waals surface area contributed by atoms with Crippen LogP contribution in [-0.4, -0.2) is 86.5 Å². The number of likely N-dealkylation sites (N-methyl/N-ethyl adjacent to an activating group) is 1. The molecule has 2 heterocycles. The van der Waals surface area contributed by atoms with Gasteiger partial charge < -0.3 is 20.0 Å². The molecule has 1 amide bonds. The summed E-state index contributed by atoms with van der Waals surface area (Å²) < 4.78 is 0. The minimum Gasteiger partial charge on any atom is -0.356 e. The van der Waals surface area contributed by atoms with Gasteiger partial charge in [0, 0.05) is 40.3 Å². The second kappa shape index (κ2) is 11.1. The number of nitrogens with zero attached hydrogens (tertiary/aromatic N) is 4. The van der Waals surface area contributed by atoms with Gasteiger partial charge in [-0.05, 0) is 44.7 Å². The highest BCUT2D eigenvalue weighted by Crippen LogP contribution is 2.20. The molecule has 1 atom stereocenters. The third-order valence-corrected chi connectivity index (χ3v) is 4.70. The van der Waals surface area contributed by atoms with Crippen molar-refractivity contribution in [3.8, 4) is 0 Å². The largest absolute Gasteiger partial charge is 0.356 e. The molecule has 140 valence electrons. The van der Waals surface area contributed by atoms with Crippen LogP contribution in [0.15, 0.2) is 4.99 Å². The maximum atomic E-state index is 11.8. The molecule has 1 N–H and O–H groups in total. The molecule has 2 saturated heterocycles. The summed E-state index contributed by atoms with van der Waals surface area (Å²) in [4.78, 5) is 22.9. The van der Waals surface area contributed by atoms with Crippen LogP contribution in [0.4, 0.5) is 0 Å². The van der Waals surface area contributed by atoms with Crippen LogP contribution in [0.5, 0.6) is 0 Å². The summed E-state index contributed by atoms with van der Waals surface area (Å²) in [5.41, 5.74) is 0. The number of hydrogen-bond acceptors (Lipinski definition) is 3. The van der Waals surface area contributed by atoms with E-state index in [2.05, 4.69) is 27.0 Å². The molecular weight excluding hydrogens is 417 g/mol. The molecule has 2 aliphatic heterocycles. The molecule has 1 unspecified atom stereocenters. The van der Waals surface area contributed by atoms with Crippen LogP contribution in [0.25, 0.3) is 0 Å². The lowest BCUT2D eigenvalue weighted by Gasteiger charge is -2.23. The molecule has 2 aliphatic rings. The zero-order chi connectivity index (χ0) is 16.7. The normalized spacial score (nSPS) is 21.7. The first-order valence-electron chi connectivity index (χ1n) is 9.06. The van der Waals surface area contributed by atoms with Gasteiger partial charge in [0.1, 0.15) is 6.54 Å². The molecule has 0 aromatic heterocycles. The first kappa shape index (κ1) is 21.5. The highest BCUT2D eigenvalue weighted by Gasteiger charge is 2.27. The Balaban J connectivity index is 0.00000288. The molecule has 0 radical (unpaired) electrons. The summed E-state index contributed by atoms with van der Waals surface area (Å²) >= 11 is 0. The lowest BCUT2D eigenvalue weighted by Crippen LogP contribution is -2.42. The van der Waals surface area contributed by atoms with Gasteiger partial charge in [-0.1, -0.05) is 6.92 Å². The Labute approximate surface area is 164 Å². The topological polar surface area (TPSA) is 51.2 Å². The van der Waals surface area contributed by atoms with Crippen LogP contribution >= 0.6 is 24.0 Å². The SMILES string of the molecule is CCCNC(=NCC(=O)N(C)C)N1CCC(CN2CCCC2)C1.I. The minimum atomic E-state index is 0. The number of amides is 1. The Morgan fingerprint density at radius 2 is 1.96 bits per heavy atom. The molecule has 0 spiro atoms. The van der Waals surface area contributed by atoms with Crippen molar-refractivity contribution in [2.75, 3.05) is 59.9 Å². The van der Waals surface area contributed by atoms with Gasteiger partial charge in [-0.3, -0.25) is 4.79 Å². The van der Waals surface area contributed by atoms with E-state index in [0.717, 1.165) is 37.9 Å². The lowest BCUT2D eigenvalue weighted by molar-refractivity contribution is -0.127. The molecule has 2 rings (SSSR count). The monoisotopic (exact) mass is 451 g/mol. The fourth-order valence-corrected chi connectivity index (χ4v) is 3.29. The van der Waals surface area contributed by atoms with E-state index in [1.54, 1.807) is 19.0 Å². The first-order valence-corrected chi connectivity index (χ1v) is 9.06. The number of rotatable bonds is 6. The van der Waals surface area contributed by atoms with E-state index in [-0.39, 0.29) is 36.4 Å². The van der Waals surface area contributed by atoms with Crippen molar-refractivity contribution in [2.45, 2.75) is 32.6 Å². The van der Waals surface area contributed by atoms with Gasteiger partial charge in [0.05, 0.1) is 0 Å². The van der Waals surface area contributed by atoms with Crippen molar-refractivity contribution in [3.63, 3.8) is 0 Å². The summed E-state index contributed by atoms with van der Waals surface area (Å²) in [6.07, 6.45) is 5.00. The zero-order valence-corrected chi connectivity index (χ0v) is 17.8. The molecule has 0 aromatic carbocycles. The van der Waals surface area contributed by atoms with Crippen LogP contribution in [0.2, 0.25) is 0 Å². The van der Waals surface area contributed by atoms with Crippen LogP contribution < -0.4 is 5.32 Å². The van der Waals surface area contributed by atoms with Gasteiger partial charge in [-0.2, -0.15) is 0 Å². The maximum Gasteiger partial charge on any atom is 0.243 e. The Morgan fingerprint density at radius 1 is 1.25 bits per heavy atom. The third kappa shape index (κ3) is 6.74. The number of likely N-dealkylation sites (tertiary alicyclic amines) is 2. The summed E-state index contributed by atoms with van der Waals surface area (Å²) in [5.74, 6) is 1.69. The van der Waals surface area contributed by atoms with Crippen molar-refractivity contribution in [3.05, 3.63) is 0 Å². The van der Waals surface area contributed by atoms with Gasteiger partial charge in [0.25, 0.3) is 0 Å². The number of carbonyl (C=O) groups is 1. The van der Waals surface area contributed by atoms with Crippen LogP contribution in [0, 0.1) is 5.92 Å². The Morgan fingerprint density at radius 3 is 2.58 bits per heavy atom. The van der Waals surface area contributed by atoms with E-state index < -0.39 is 0 Å². The maximum absolute atomic E-state index is 11.8. The number of aliphatic imine (C=N–C) groups is 1. The number of carbonyl (C=O) groups excluding carboxylic acids is 1. The van der Waals surface area contributed by atoms with Gasteiger partial charge in [-0.25, -0.2) is 4.99 Å². The average molecular weight is 451 g/mol. The third-order valence-electron chi connectivity index (χ3n) is 4.70. The van der Waals surface area contributed by atoms with E-state index >= 15 is 0 Å². The summed E-state index contributed by atoms with van der Waals surface area (Å²) in [6, 6.07) is 0. The highest BCUT2D eigenvalue weighted by atomic mass is 127. The fraction of sp³-hybridized carbons (Fsp3) is 0.882. The standard InChI is InChI=1S/C17H33N5O.HI/c1-4-8-18-17(19-12-16(23)20(2)3)22-11-7-15(14-22)13-21-9-5-6-10-21;/h15H,4-14H2,1-3H3,(H,18,19);1H. The summed E-state index contributed by atoms with van der Waals surface area (Å²) in [6.45, 7) is 9.14. The van der Waals surface area contributed by atoms with Crippen LogP contribution in [-0.2, 0) is 4.79 Å². The first-order chi connectivity index (χ1) is 11.1. The van der Waals surface area contributed by atoms with E-state index in [1.165, 1.54) is 38.9 Å². The molecule has 0 saturated carbocycles. The quantitative estimate of drug-likeness (QED) is 0.378. The smallest absolute Gasteiger partial charge is 0.243 e. The van der Waals surface area contributed by atoms with Crippen molar-refractivity contribution in [1.82, 2.24) is 20.0 Å². The van der Waals surface area contributed by atoms with Crippen LogP contribution in [0.1, 0.15) is 32.6 Å². The molecule has 24 heavy (non-hydrogen) atoms. The van der Waals surface area contributed by atoms with E-state index in [9.17, 15) is 4.79 Å². The zero-order valence-electron chi connectivity index (χ0n) is 15.5. The predicted octanol–water partition coefficient (Wildman–Crippen LogP) is 1.47. The highest BCUT2D eigenvalue weighted by molar-refractivity contribution is 14.0. The van der Waals surface area contributed by atoms with E-state index in [4.69, 9.17) is 0 Å². The molecule has 0 bridgehead atoms. The summed E-state index contributed by atoms with van der Waals surface area (Å²) in [5, 5.41) is 3.41. The number of halogens is 1. The van der Waals surface area contributed by atoms with Crippen molar-refractivity contribution < 1.29 is 4.79 Å². The Hall–Kier alpha value is -0.570. The minimum absolute atomic E-state index is 0. The predicted molar refractivity (Wildman–Crippen MR) is 110 cm³/mol. The molecule has 2 fully saturated rings. The van der Waals surface area contributed by atoms with Gasteiger partial charge in [0.2, 0.25) is 5.91 Å². The fourth-order valence-electron chi connectivity index (χ4n) is 3.29. The Bertz CT molecular complexity index is 410. The van der Waals surface area contributed by atoms with Gasteiger partial charge >= 0.3 is 0 Å². The molecular formula is C17H34IN5O. The second-order valence-corrected chi connectivity index (χ2v) is 6.96. The molecule has 0 aliphatic carbocycles. The average Bonchev–Trinajstić information content (AvgIpc) is 3.19. The lowest BCUT2D eigenvalue weighted by atomic mass is 10.1. The summed E-state index contributed by atoms with van der Waals surface area (Å²) in [7, 11) is 3.55. The number of hydrogen-bond donors (Lipinski definition) is 1. The van der Waals surface area contributed by atoms with E-state index in [0.29, 0.717) is 0 Å². The van der Waals surface area contributed by atoms with Crippen LogP contribution in [0.3, 0.4) is 0 Å². The second-order valence-electron chi connectivity index (χ2n) is 6.96. The van der Waals surface area contributed by atoms with Crippen molar-refractivity contribution in [2.24, 2.45) is 10.9 Å². The molecule has 7 heteroatoms. The number of nitrogens with one attached hydrogen (secondary N) is 1. The number of guanidine groups is 1. The Kier molecular flexibility index (Phi) is 9.95.